The second kappa shape index (κ2) is 6.18. The number of benzene rings is 1. The lowest BCUT2D eigenvalue weighted by atomic mass is 9.87. The van der Waals surface area contributed by atoms with Crippen LogP contribution in [0.2, 0.25) is 0 Å². The van der Waals surface area contributed by atoms with Gasteiger partial charge < -0.3 is 9.47 Å². The van der Waals surface area contributed by atoms with Gasteiger partial charge in [0.15, 0.2) is 0 Å². The number of aryl methyl sites for hydroxylation is 1. The lowest BCUT2D eigenvalue weighted by Gasteiger charge is -2.31. The molecule has 1 fully saturated rings. The number of nitrogens with two attached hydrogens (primary N) is 1. The van der Waals surface area contributed by atoms with Crippen molar-refractivity contribution < 1.29 is 9.47 Å². The van der Waals surface area contributed by atoms with Gasteiger partial charge in [0.1, 0.15) is 5.75 Å². The molecular weight excluding hydrogens is 228 g/mol. The van der Waals surface area contributed by atoms with E-state index in [2.05, 4.69) is 18.4 Å². The molecule has 1 aliphatic rings. The molecule has 3 N–H and O–H groups in total. The van der Waals surface area contributed by atoms with E-state index >= 15 is 0 Å². The summed E-state index contributed by atoms with van der Waals surface area (Å²) in [4.78, 5) is 0. The Bertz CT molecular complexity index is 389. The maximum atomic E-state index is 5.74. The van der Waals surface area contributed by atoms with Crippen molar-refractivity contribution in [1.29, 1.82) is 0 Å². The van der Waals surface area contributed by atoms with Gasteiger partial charge >= 0.3 is 0 Å². The molecule has 2 atom stereocenters. The Labute approximate surface area is 108 Å². The molecule has 0 aliphatic carbocycles. The molecule has 2 rings (SSSR count). The monoisotopic (exact) mass is 250 g/mol. The Kier molecular flexibility index (Phi) is 4.58. The lowest BCUT2D eigenvalue weighted by Crippen LogP contribution is -2.37. The smallest absolute Gasteiger partial charge is 0.119 e. The van der Waals surface area contributed by atoms with Crippen molar-refractivity contribution >= 4 is 0 Å². The van der Waals surface area contributed by atoms with E-state index in [4.69, 9.17) is 15.3 Å². The number of hydrogen-bond acceptors (Lipinski definition) is 4. The summed E-state index contributed by atoms with van der Waals surface area (Å²) in [6, 6.07) is 6.27. The summed E-state index contributed by atoms with van der Waals surface area (Å²) in [6.07, 6.45) is 2.26. The molecule has 100 valence electrons. The van der Waals surface area contributed by atoms with Crippen LogP contribution in [0.1, 0.15) is 30.0 Å². The number of rotatable bonds is 4. The second-order valence-corrected chi connectivity index (χ2v) is 4.84. The van der Waals surface area contributed by atoms with Crippen molar-refractivity contribution in [2.24, 2.45) is 11.8 Å². The molecule has 1 aromatic rings. The minimum absolute atomic E-state index is 0.149. The Balaban J connectivity index is 2.20. The van der Waals surface area contributed by atoms with Crippen LogP contribution in [0.15, 0.2) is 18.2 Å². The topological polar surface area (TPSA) is 56.5 Å². The predicted octanol–water partition coefficient (Wildman–Crippen LogP) is 1.93. The van der Waals surface area contributed by atoms with Crippen molar-refractivity contribution in [3.8, 4) is 5.75 Å². The van der Waals surface area contributed by atoms with Gasteiger partial charge in [-0.3, -0.25) is 11.3 Å². The maximum Gasteiger partial charge on any atom is 0.119 e. The summed E-state index contributed by atoms with van der Waals surface area (Å²) in [5.41, 5.74) is 5.37. The van der Waals surface area contributed by atoms with Crippen molar-refractivity contribution in [2.45, 2.75) is 25.8 Å². The number of methoxy groups -OCH3 is 1. The van der Waals surface area contributed by atoms with Crippen LogP contribution < -0.4 is 16.0 Å². The third-order valence-corrected chi connectivity index (χ3v) is 3.66. The van der Waals surface area contributed by atoms with E-state index in [0.29, 0.717) is 5.92 Å². The van der Waals surface area contributed by atoms with Gasteiger partial charge in [0.05, 0.1) is 19.8 Å². The van der Waals surface area contributed by atoms with Crippen LogP contribution in [-0.2, 0) is 4.74 Å². The van der Waals surface area contributed by atoms with Gasteiger partial charge in [0, 0.05) is 12.5 Å². The standard InChI is InChI=1S/C14H22N2O2/c1-10-8-12(17-2)5-6-13(10)14(16-15)11-4-3-7-18-9-11/h5-6,8,11,14,16H,3-4,7,9,15H2,1-2H3. The summed E-state index contributed by atoms with van der Waals surface area (Å²) in [7, 11) is 1.68. The molecule has 1 aliphatic heterocycles. The zero-order valence-corrected chi connectivity index (χ0v) is 11.1. The van der Waals surface area contributed by atoms with Crippen LogP contribution in [0.4, 0.5) is 0 Å². The molecule has 1 aromatic carbocycles. The molecule has 0 spiro atoms. The summed E-state index contributed by atoms with van der Waals surface area (Å²) in [6.45, 7) is 3.74. The van der Waals surface area contributed by atoms with E-state index in [-0.39, 0.29) is 6.04 Å². The van der Waals surface area contributed by atoms with Crippen molar-refractivity contribution in [3.05, 3.63) is 29.3 Å². The minimum Gasteiger partial charge on any atom is -0.497 e. The zero-order chi connectivity index (χ0) is 13.0. The minimum atomic E-state index is 0.149. The Morgan fingerprint density at radius 3 is 2.89 bits per heavy atom. The van der Waals surface area contributed by atoms with Crippen LogP contribution in [0.25, 0.3) is 0 Å². The normalized spacial score (nSPS) is 21.6. The van der Waals surface area contributed by atoms with Gasteiger partial charge in [-0.15, -0.1) is 0 Å². The highest BCUT2D eigenvalue weighted by atomic mass is 16.5. The maximum absolute atomic E-state index is 5.74. The number of hydrogen-bond donors (Lipinski definition) is 2. The van der Waals surface area contributed by atoms with Crippen molar-refractivity contribution in [2.75, 3.05) is 20.3 Å². The highest BCUT2D eigenvalue weighted by Crippen LogP contribution is 2.31. The summed E-state index contributed by atoms with van der Waals surface area (Å²) >= 11 is 0. The number of hydrazine groups is 1. The van der Waals surface area contributed by atoms with E-state index in [9.17, 15) is 0 Å². The van der Waals surface area contributed by atoms with E-state index < -0.39 is 0 Å². The van der Waals surface area contributed by atoms with E-state index in [0.717, 1.165) is 31.8 Å². The van der Waals surface area contributed by atoms with E-state index in [1.807, 2.05) is 12.1 Å². The fourth-order valence-electron chi connectivity index (χ4n) is 2.63. The molecule has 0 radical (unpaired) electrons. The van der Waals surface area contributed by atoms with Gasteiger partial charge in [0.2, 0.25) is 0 Å². The van der Waals surface area contributed by atoms with Crippen LogP contribution in [0.5, 0.6) is 5.75 Å². The number of nitrogens with one attached hydrogen (secondary N) is 1. The van der Waals surface area contributed by atoms with Crippen molar-refractivity contribution in [1.82, 2.24) is 5.43 Å². The first kappa shape index (κ1) is 13.3. The predicted molar refractivity (Wildman–Crippen MR) is 71.3 cm³/mol. The third-order valence-electron chi connectivity index (χ3n) is 3.66. The molecule has 4 heteroatoms. The van der Waals surface area contributed by atoms with Gasteiger partial charge in [-0.1, -0.05) is 6.07 Å². The van der Waals surface area contributed by atoms with Crippen molar-refractivity contribution in [3.63, 3.8) is 0 Å². The quantitative estimate of drug-likeness (QED) is 0.633. The van der Waals surface area contributed by atoms with Crippen LogP contribution >= 0.6 is 0 Å². The van der Waals surface area contributed by atoms with Crippen LogP contribution in [-0.4, -0.2) is 20.3 Å². The Hall–Kier alpha value is -1.10. The molecule has 0 bridgehead atoms. The van der Waals surface area contributed by atoms with E-state index in [1.54, 1.807) is 7.11 Å². The van der Waals surface area contributed by atoms with E-state index in [1.165, 1.54) is 11.1 Å². The molecule has 0 aromatic heterocycles. The highest BCUT2D eigenvalue weighted by molar-refractivity contribution is 5.37. The highest BCUT2D eigenvalue weighted by Gasteiger charge is 2.25. The molecule has 2 unspecified atom stereocenters. The first-order chi connectivity index (χ1) is 8.76. The largest absolute Gasteiger partial charge is 0.497 e. The second-order valence-electron chi connectivity index (χ2n) is 4.84. The fourth-order valence-corrected chi connectivity index (χ4v) is 2.63. The van der Waals surface area contributed by atoms with Gasteiger partial charge in [-0.25, -0.2) is 0 Å². The molecule has 4 nitrogen and oxygen atoms in total. The van der Waals surface area contributed by atoms with Crippen LogP contribution in [0, 0.1) is 12.8 Å². The lowest BCUT2D eigenvalue weighted by molar-refractivity contribution is 0.0389. The summed E-state index contributed by atoms with van der Waals surface area (Å²) < 4.78 is 10.8. The zero-order valence-electron chi connectivity index (χ0n) is 11.1. The fraction of sp³-hybridized carbons (Fsp3) is 0.571. The average Bonchev–Trinajstić information content (AvgIpc) is 2.42. The molecular formula is C14H22N2O2. The summed E-state index contributed by atoms with van der Waals surface area (Å²) in [5, 5.41) is 0. The Morgan fingerprint density at radius 1 is 1.50 bits per heavy atom. The number of ether oxygens (including phenoxy) is 2. The average molecular weight is 250 g/mol. The molecule has 0 saturated carbocycles. The molecule has 0 amide bonds. The first-order valence-corrected chi connectivity index (χ1v) is 6.44. The summed E-state index contributed by atoms with van der Waals surface area (Å²) in [5.74, 6) is 7.06. The van der Waals surface area contributed by atoms with Gasteiger partial charge in [0.25, 0.3) is 0 Å². The van der Waals surface area contributed by atoms with Gasteiger partial charge in [-0.2, -0.15) is 0 Å². The molecule has 18 heavy (non-hydrogen) atoms. The molecule has 1 saturated heterocycles. The SMILES string of the molecule is COc1ccc(C(NN)C2CCCOC2)c(C)c1. The third kappa shape index (κ3) is 2.83. The first-order valence-electron chi connectivity index (χ1n) is 6.44. The van der Waals surface area contributed by atoms with Gasteiger partial charge in [-0.05, 0) is 43.0 Å². The molecule has 1 heterocycles. The van der Waals surface area contributed by atoms with Crippen LogP contribution in [0.3, 0.4) is 0 Å². The Morgan fingerprint density at radius 2 is 2.33 bits per heavy atom.